The van der Waals surface area contributed by atoms with E-state index in [4.69, 9.17) is 9.47 Å². The van der Waals surface area contributed by atoms with Gasteiger partial charge < -0.3 is 19.9 Å². The number of amides is 1. The first kappa shape index (κ1) is 20.5. The number of phenolic OH excluding ortho intramolecular Hbond substituents is 1. The van der Waals surface area contributed by atoms with Crippen LogP contribution in [0.15, 0.2) is 12.1 Å². The monoisotopic (exact) mass is 449 g/mol. The maximum absolute atomic E-state index is 11.8. The van der Waals surface area contributed by atoms with Crippen LogP contribution >= 0.6 is 22.6 Å². The molecule has 0 aromatic heterocycles. The molecule has 0 aliphatic heterocycles. The zero-order chi connectivity index (χ0) is 17.9. The number of unbranched alkanes of at least 4 members (excludes halogenated alkanes) is 3. The van der Waals surface area contributed by atoms with Gasteiger partial charge in [0.05, 0.1) is 7.11 Å². The van der Waals surface area contributed by atoms with Gasteiger partial charge in [-0.3, -0.25) is 9.59 Å². The second-order valence-electron chi connectivity index (χ2n) is 5.36. The average molecular weight is 449 g/mol. The van der Waals surface area contributed by atoms with Gasteiger partial charge >= 0.3 is 5.97 Å². The Hall–Kier alpha value is -1.51. The number of carbonyl (C=O) groups is 2. The van der Waals surface area contributed by atoms with Crippen LogP contribution < -0.4 is 10.1 Å². The number of esters is 1. The predicted octanol–water partition coefficient (Wildman–Crippen LogP) is 3.14. The standard InChI is InChI=1S/C17H24INO5/c1-3-4-5-6-7-17(22)24-11-16(21)19-10-12-8-15(23-2)14(20)9-13(12)18/h8-9,20H,3-7,10-11H2,1-2H3,(H,19,21). The van der Waals surface area contributed by atoms with Crippen molar-refractivity contribution in [1.29, 1.82) is 0 Å². The van der Waals surface area contributed by atoms with Gasteiger partial charge in [0, 0.05) is 16.5 Å². The zero-order valence-electron chi connectivity index (χ0n) is 14.1. The van der Waals surface area contributed by atoms with Crippen LogP contribution in [0.1, 0.15) is 44.6 Å². The second-order valence-corrected chi connectivity index (χ2v) is 6.53. The quantitative estimate of drug-likeness (QED) is 0.326. The number of halogens is 1. The molecule has 0 aliphatic carbocycles. The second kappa shape index (κ2) is 11.1. The van der Waals surface area contributed by atoms with E-state index < -0.39 is 0 Å². The zero-order valence-corrected chi connectivity index (χ0v) is 16.2. The van der Waals surface area contributed by atoms with E-state index in [0.29, 0.717) is 12.2 Å². The normalized spacial score (nSPS) is 10.3. The molecule has 1 aromatic carbocycles. The Kier molecular flexibility index (Phi) is 9.51. The third-order valence-electron chi connectivity index (χ3n) is 3.42. The van der Waals surface area contributed by atoms with Crippen LogP contribution in [0.5, 0.6) is 11.5 Å². The SMILES string of the molecule is CCCCCCC(=O)OCC(=O)NCc1cc(OC)c(O)cc1I. The summed E-state index contributed by atoms with van der Waals surface area (Å²) in [6.07, 6.45) is 4.35. The van der Waals surface area contributed by atoms with Gasteiger partial charge in [0.1, 0.15) is 0 Å². The Labute approximate surface area is 156 Å². The highest BCUT2D eigenvalue weighted by molar-refractivity contribution is 14.1. The topological polar surface area (TPSA) is 84.9 Å². The van der Waals surface area contributed by atoms with E-state index in [-0.39, 0.29) is 30.8 Å². The van der Waals surface area contributed by atoms with E-state index >= 15 is 0 Å². The minimum absolute atomic E-state index is 0.0500. The van der Waals surface area contributed by atoms with Crippen LogP contribution in [0.4, 0.5) is 0 Å². The Morgan fingerprint density at radius 2 is 2.00 bits per heavy atom. The Balaban J connectivity index is 2.35. The third-order valence-corrected chi connectivity index (χ3v) is 4.43. The fourth-order valence-electron chi connectivity index (χ4n) is 2.04. The number of aromatic hydroxyl groups is 1. The van der Waals surface area contributed by atoms with Crippen molar-refractivity contribution in [3.05, 3.63) is 21.3 Å². The van der Waals surface area contributed by atoms with Gasteiger partial charge in [0.2, 0.25) is 0 Å². The van der Waals surface area contributed by atoms with Crippen molar-refractivity contribution in [2.75, 3.05) is 13.7 Å². The molecule has 0 spiro atoms. The molecule has 2 N–H and O–H groups in total. The number of carbonyl (C=O) groups excluding carboxylic acids is 2. The molecule has 0 heterocycles. The summed E-state index contributed by atoms with van der Waals surface area (Å²) in [5, 5.41) is 12.4. The Morgan fingerprint density at radius 1 is 1.25 bits per heavy atom. The smallest absolute Gasteiger partial charge is 0.306 e. The summed E-state index contributed by atoms with van der Waals surface area (Å²) in [6.45, 7) is 2.09. The van der Waals surface area contributed by atoms with Gasteiger partial charge in [-0.05, 0) is 46.7 Å². The molecule has 0 fully saturated rings. The molecule has 0 saturated heterocycles. The molecular weight excluding hydrogens is 425 g/mol. The number of benzene rings is 1. The van der Waals surface area contributed by atoms with Gasteiger partial charge in [-0.2, -0.15) is 0 Å². The lowest BCUT2D eigenvalue weighted by molar-refractivity contribution is -0.148. The fourth-order valence-corrected chi connectivity index (χ4v) is 2.68. The number of nitrogens with one attached hydrogen (secondary N) is 1. The van der Waals surface area contributed by atoms with Gasteiger partial charge in [0.15, 0.2) is 18.1 Å². The van der Waals surface area contributed by atoms with E-state index in [2.05, 4.69) is 34.8 Å². The van der Waals surface area contributed by atoms with Crippen molar-refractivity contribution in [2.24, 2.45) is 0 Å². The summed E-state index contributed by atoms with van der Waals surface area (Å²) in [4.78, 5) is 23.3. The predicted molar refractivity (Wildman–Crippen MR) is 98.9 cm³/mol. The van der Waals surface area contributed by atoms with Crippen LogP contribution in [-0.2, 0) is 20.9 Å². The molecular formula is C17H24INO5. The van der Waals surface area contributed by atoms with Crippen LogP contribution in [0.2, 0.25) is 0 Å². The molecule has 1 amide bonds. The minimum Gasteiger partial charge on any atom is -0.504 e. The van der Waals surface area contributed by atoms with Gasteiger partial charge in [-0.1, -0.05) is 26.2 Å². The van der Waals surface area contributed by atoms with E-state index in [1.54, 1.807) is 12.1 Å². The van der Waals surface area contributed by atoms with Crippen molar-refractivity contribution in [1.82, 2.24) is 5.32 Å². The third kappa shape index (κ3) is 7.37. The molecule has 0 aliphatic rings. The largest absolute Gasteiger partial charge is 0.504 e. The van der Waals surface area contributed by atoms with E-state index in [1.807, 2.05) is 0 Å². The number of rotatable bonds is 10. The lowest BCUT2D eigenvalue weighted by Gasteiger charge is -2.11. The summed E-state index contributed by atoms with van der Waals surface area (Å²) < 4.78 is 10.8. The Morgan fingerprint density at radius 3 is 2.67 bits per heavy atom. The summed E-state index contributed by atoms with van der Waals surface area (Å²) in [5.41, 5.74) is 0.810. The lowest BCUT2D eigenvalue weighted by Crippen LogP contribution is -2.28. The van der Waals surface area contributed by atoms with Crippen LogP contribution in [0.3, 0.4) is 0 Å². The van der Waals surface area contributed by atoms with Gasteiger partial charge in [-0.15, -0.1) is 0 Å². The van der Waals surface area contributed by atoms with Crippen molar-refractivity contribution in [2.45, 2.75) is 45.6 Å². The molecule has 0 saturated carbocycles. The highest BCUT2D eigenvalue weighted by Crippen LogP contribution is 2.30. The van der Waals surface area contributed by atoms with Crippen molar-refractivity contribution in [3.63, 3.8) is 0 Å². The number of phenols is 1. The molecule has 0 radical (unpaired) electrons. The molecule has 6 nitrogen and oxygen atoms in total. The van der Waals surface area contributed by atoms with E-state index in [0.717, 1.165) is 34.8 Å². The number of hydrogen-bond donors (Lipinski definition) is 2. The molecule has 0 bridgehead atoms. The first-order valence-corrected chi connectivity index (χ1v) is 9.03. The highest BCUT2D eigenvalue weighted by atomic mass is 127. The average Bonchev–Trinajstić information content (AvgIpc) is 2.56. The number of hydrogen-bond acceptors (Lipinski definition) is 5. The summed E-state index contributed by atoms with van der Waals surface area (Å²) in [5.74, 6) is -0.311. The summed E-state index contributed by atoms with van der Waals surface area (Å²) in [7, 11) is 1.46. The Bertz CT molecular complexity index is 562. The molecule has 0 atom stereocenters. The van der Waals surface area contributed by atoms with Crippen LogP contribution in [0.25, 0.3) is 0 Å². The molecule has 0 unspecified atom stereocenters. The number of methoxy groups -OCH3 is 1. The fraction of sp³-hybridized carbons (Fsp3) is 0.529. The van der Waals surface area contributed by atoms with Crippen molar-refractivity contribution < 1.29 is 24.2 Å². The molecule has 134 valence electrons. The summed E-state index contributed by atoms with van der Waals surface area (Å²) >= 11 is 2.07. The maximum atomic E-state index is 11.8. The highest BCUT2D eigenvalue weighted by Gasteiger charge is 2.11. The lowest BCUT2D eigenvalue weighted by atomic mass is 10.2. The molecule has 24 heavy (non-hydrogen) atoms. The van der Waals surface area contributed by atoms with Crippen molar-refractivity contribution >= 4 is 34.5 Å². The summed E-state index contributed by atoms with van der Waals surface area (Å²) in [6, 6.07) is 3.23. The first-order valence-electron chi connectivity index (χ1n) is 7.95. The minimum atomic E-state index is -0.361. The first-order chi connectivity index (χ1) is 11.5. The van der Waals surface area contributed by atoms with Crippen LogP contribution in [0, 0.1) is 3.57 Å². The van der Waals surface area contributed by atoms with Crippen molar-refractivity contribution in [3.8, 4) is 11.5 Å². The molecule has 1 aromatic rings. The molecule has 1 rings (SSSR count). The maximum Gasteiger partial charge on any atom is 0.306 e. The van der Waals surface area contributed by atoms with Crippen LogP contribution in [-0.4, -0.2) is 30.7 Å². The molecule has 7 heteroatoms. The number of ether oxygens (including phenoxy) is 2. The van der Waals surface area contributed by atoms with Gasteiger partial charge in [-0.25, -0.2) is 0 Å². The van der Waals surface area contributed by atoms with E-state index in [1.165, 1.54) is 7.11 Å². The van der Waals surface area contributed by atoms with E-state index in [9.17, 15) is 14.7 Å². The van der Waals surface area contributed by atoms with Gasteiger partial charge in [0.25, 0.3) is 5.91 Å².